The van der Waals surface area contributed by atoms with E-state index in [0.29, 0.717) is 75.7 Å². The Bertz CT molecular complexity index is 6160. The van der Waals surface area contributed by atoms with Crippen LogP contribution in [0.25, 0.3) is 0 Å². The molecule has 133 heavy (non-hydrogen) atoms. The number of Topliss-reactive ketones (excluding diaryl/α,β-unsaturated/α-hetero) is 7. The third-order valence-electron chi connectivity index (χ3n) is 22.9. The summed E-state index contributed by atoms with van der Waals surface area (Å²) in [5, 5.41) is 118. The highest BCUT2D eigenvalue weighted by atomic mass is 16.5. The molecule has 0 aliphatic carbocycles. The highest BCUT2D eigenvalue weighted by Gasteiger charge is 2.37. The monoisotopic (exact) mass is 1810 g/mol. The Morgan fingerprint density at radius 2 is 0.654 bits per heavy atom. The topological polar surface area (TPSA) is 445 Å². The largest absolute Gasteiger partial charge is 0.508 e. The van der Waals surface area contributed by atoms with Crippen molar-refractivity contribution >= 4 is 40.5 Å². The van der Waals surface area contributed by atoms with E-state index in [1.54, 1.807) is 155 Å². The fourth-order valence-electron chi connectivity index (χ4n) is 15.8. The average molecular weight is 1810 g/mol. The summed E-state index contributed by atoms with van der Waals surface area (Å²) in [6, 6.07) is 56.1. The van der Waals surface area contributed by atoms with Gasteiger partial charge in [-0.15, -0.1) is 0 Å². The van der Waals surface area contributed by atoms with E-state index in [0.717, 1.165) is 81.8 Å². The Kier molecular flexibility index (Phi) is 29.7. The molecule has 0 fully saturated rings. The first-order valence-electron chi connectivity index (χ1n) is 42.9. The molecule has 12 N–H and O–H groups in total. The van der Waals surface area contributed by atoms with Crippen molar-refractivity contribution in [2.75, 3.05) is 20.8 Å². The fourth-order valence-corrected chi connectivity index (χ4v) is 15.8. The SMILES string of the molecule is CCCOc1ccc(C2CC(=O)c3c(O)cc(O)cc3O2)cc1O.COc1ccc(C2CC(=O)c3c(O)cc(C)cc3O2)cc1O.COc1ccc(C2CC(=O)c3ccc(CCCCC(C)=O)cc3O2)cc1O.Cc1ccc(C2CC(=O)c3c(O)cccc3O2)cc1O.Cc1ccc([C@@H]2CC(=O)c3c(O)cccc3O2)cc1O.Cc1ccc([C@H]2CC(=O)c3c(O)cccc3O2)cc1O. The summed E-state index contributed by atoms with van der Waals surface area (Å²) in [4.78, 5) is 84.5. The van der Waals surface area contributed by atoms with Gasteiger partial charge in [-0.25, -0.2) is 0 Å². The van der Waals surface area contributed by atoms with Crippen molar-refractivity contribution in [1.82, 2.24) is 0 Å². The second-order valence-corrected chi connectivity index (χ2v) is 32.7. The van der Waals surface area contributed by atoms with Crippen LogP contribution in [0.4, 0.5) is 0 Å². The number of carbonyl (C=O) groups is 7. The van der Waals surface area contributed by atoms with Crippen molar-refractivity contribution in [3.63, 3.8) is 0 Å². The van der Waals surface area contributed by atoms with Gasteiger partial charge in [0, 0.05) is 18.6 Å². The van der Waals surface area contributed by atoms with Crippen molar-refractivity contribution < 1.29 is 137 Å². The number of unbranched alkanes of at least 4 members (excludes halogenated alkanes) is 1. The van der Waals surface area contributed by atoms with Gasteiger partial charge in [-0.3, -0.25) is 28.8 Å². The van der Waals surface area contributed by atoms with E-state index >= 15 is 0 Å². The third kappa shape index (κ3) is 22.4. The molecule has 12 aromatic carbocycles. The van der Waals surface area contributed by atoms with Gasteiger partial charge >= 0.3 is 0 Å². The van der Waals surface area contributed by atoms with Crippen LogP contribution < -0.4 is 42.6 Å². The number of aromatic hydroxyl groups is 12. The molecule has 688 valence electrons. The van der Waals surface area contributed by atoms with Crippen molar-refractivity contribution in [3.8, 4) is 121 Å². The van der Waals surface area contributed by atoms with E-state index in [1.807, 2.05) is 50.2 Å². The van der Waals surface area contributed by atoms with Crippen LogP contribution >= 0.6 is 0 Å². The summed E-state index contributed by atoms with van der Waals surface area (Å²) in [5.41, 5.74) is 10.1. The molecular weight excluding hydrogens is 1710 g/mol. The van der Waals surface area contributed by atoms with Gasteiger partial charge in [-0.05, 0) is 237 Å². The number of benzene rings is 12. The highest BCUT2D eigenvalue weighted by molar-refractivity contribution is 6.06. The molecule has 4 unspecified atom stereocenters. The maximum absolute atomic E-state index is 12.5. The van der Waals surface area contributed by atoms with Gasteiger partial charge in [0.05, 0.1) is 64.9 Å². The second kappa shape index (κ2) is 41.7. The molecule has 12 aromatic rings. The molecular formula is C105H100O28. The molecule has 6 aliphatic heterocycles. The predicted molar refractivity (Wildman–Crippen MR) is 487 cm³/mol. The number of hydrogen-bond donors (Lipinski definition) is 12. The first kappa shape index (κ1) is 94.7. The van der Waals surface area contributed by atoms with E-state index in [1.165, 1.54) is 50.6 Å². The van der Waals surface area contributed by atoms with E-state index in [-0.39, 0.29) is 182 Å². The quantitative estimate of drug-likeness (QED) is 0.0400. The van der Waals surface area contributed by atoms with Crippen LogP contribution in [0.5, 0.6) is 121 Å². The van der Waals surface area contributed by atoms with Gasteiger partial charge in [-0.1, -0.05) is 85.8 Å². The molecule has 0 saturated heterocycles. The molecule has 0 aromatic heterocycles. The highest BCUT2D eigenvalue weighted by Crippen LogP contribution is 2.49. The Balaban J connectivity index is 0.000000136. The van der Waals surface area contributed by atoms with E-state index < -0.39 is 36.6 Å². The summed E-state index contributed by atoms with van der Waals surface area (Å²) in [5.74, 6) is 2.43. The van der Waals surface area contributed by atoms with E-state index in [9.17, 15) is 94.8 Å². The smallest absolute Gasteiger partial charge is 0.174 e. The number of ether oxygens (including phenoxy) is 9. The van der Waals surface area contributed by atoms with Gasteiger partial charge in [0.15, 0.2) is 69.2 Å². The van der Waals surface area contributed by atoms with Crippen LogP contribution in [0.1, 0.15) is 238 Å². The number of aryl methyl sites for hydroxylation is 5. The number of methoxy groups -OCH3 is 2. The number of phenols is 12. The summed E-state index contributed by atoms with van der Waals surface area (Å²) < 4.78 is 50.5. The zero-order chi connectivity index (χ0) is 95.3. The van der Waals surface area contributed by atoms with Gasteiger partial charge in [0.2, 0.25) is 0 Å². The van der Waals surface area contributed by atoms with Crippen LogP contribution in [-0.2, 0) is 11.2 Å². The zero-order valence-corrected chi connectivity index (χ0v) is 74.0. The Morgan fingerprint density at radius 3 is 1.02 bits per heavy atom. The molecule has 0 spiro atoms. The van der Waals surface area contributed by atoms with Crippen LogP contribution in [0.15, 0.2) is 206 Å². The molecule has 0 bridgehead atoms. The van der Waals surface area contributed by atoms with Crippen LogP contribution in [0.3, 0.4) is 0 Å². The maximum atomic E-state index is 12.5. The van der Waals surface area contributed by atoms with Gasteiger partial charge in [0.25, 0.3) is 0 Å². The van der Waals surface area contributed by atoms with Crippen LogP contribution in [0, 0.1) is 27.7 Å². The molecule has 0 saturated carbocycles. The lowest BCUT2D eigenvalue weighted by Gasteiger charge is -2.26. The molecule has 0 amide bonds. The minimum atomic E-state index is -0.614. The van der Waals surface area contributed by atoms with Crippen molar-refractivity contribution in [2.24, 2.45) is 0 Å². The number of phenolic OH excluding ortho intramolecular Hbond substituents is 12. The van der Waals surface area contributed by atoms with Crippen molar-refractivity contribution in [2.45, 2.75) is 149 Å². The number of fused-ring (bicyclic) bond motifs is 6. The Morgan fingerprint density at radius 1 is 0.323 bits per heavy atom. The Hall–Kier alpha value is -15.9. The zero-order valence-electron chi connectivity index (χ0n) is 74.0. The molecule has 6 aliphatic rings. The Labute approximate surface area is 765 Å². The molecule has 6 heterocycles. The van der Waals surface area contributed by atoms with Gasteiger partial charge in [-0.2, -0.15) is 0 Å². The fraction of sp³-hybridized carbons (Fsp3) is 0.248. The van der Waals surface area contributed by atoms with Crippen molar-refractivity contribution in [3.05, 3.63) is 301 Å². The minimum Gasteiger partial charge on any atom is -0.508 e. The summed E-state index contributed by atoms with van der Waals surface area (Å²) in [6.07, 6.45) is 1.97. The molecule has 0 radical (unpaired) electrons. The van der Waals surface area contributed by atoms with E-state index in [4.69, 9.17) is 42.6 Å². The lowest BCUT2D eigenvalue weighted by Crippen LogP contribution is -2.20. The third-order valence-corrected chi connectivity index (χ3v) is 22.9. The lowest BCUT2D eigenvalue weighted by molar-refractivity contribution is -0.117. The molecule has 28 nitrogen and oxygen atoms in total. The normalized spacial score (nSPS) is 16.8. The van der Waals surface area contributed by atoms with E-state index in [2.05, 4.69) is 0 Å². The average Bonchev–Trinajstić information content (AvgIpc) is 1.59. The number of ketones is 7. The number of carbonyl (C=O) groups excluding carboxylic acids is 7. The standard InChI is InChI=1S/C22H24O5.C18H18O6.C17H16O5.3C16H14O4/c1-14(23)5-3-4-6-15-7-9-17-18(24)13-21(27-22(17)11-15)16-8-10-20(26-2)19(25)12-16;1-2-5-23-15-4-3-10(6-12(15)20)16-9-14(22)18-13(21)7-11(19)8-17(18)24-16;1-9-5-12(19)17-13(20)8-15(22-16(17)6-9)10-3-4-14(21-2)11(18)7-10;3*1-9-5-6-10(7-12(9)18)15-8-13(19)16-11(17)3-2-4-14(16)20-15/h7-12,21,25H,3-6,13H2,1-2H3;3-4,6-8,16,19-21H,2,5,9H2,1H3;3-7,15,18-19H,8H2,1-2H3;3*2-7,15,17-18H,8H2,1H3/t;;;2*15-;/m...10./s1. The predicted octanol–water partition coefficient (Wildman–Crippen LogP) is 20.2. The minimum absolute atomic E-state index is 0.00562. The summed E-state index contributed by atoms with van der Waals surface area (Å²) >= 11 is 0. The van der Waals surface area contributed by atoms with Gasteiger partial charge < -0.3 is 109 Å². The maximum Gasteiger partial charge on any atom is 0.174 e. The summed E-state index contributed by atoms with van der Waals surface area (Å²) in [7, 11) is 2.96. The van der Waals surface area contributed by atoms with Gasteiger partial charge in [0.1, 0.15) is 156 Å². The molecule has 18 rings (SSSR count). The second-order valence-electron chi connectivity index (χ2n) is 32.7. The molecule has 28 heteroatoms. The van der Waals surface area contributed by atoms with Crippen molar-refractivity contribution in [1.29, 1.82) is 0 Å². The lowest BCUT2D eigenvalue weighted by atomic mass is 9.94. The molecule has 6 atom stereocenters. The number of hydrogen-bond acceptors (Lipinski definition) is 28. The summed E-state index contributed by atoms with van der Waals surface area (Å²) in [6.45, 7) is 11.3. The number of rotatable bonds is 16. The first-order valence-corrected chi connectivity index (χ1v) is 42.9. The van der Waals surface area contributed by atoms with Crippen LogP contribution in [-0.4, -0.2) is 123 Å². The first-order chi connectivity index (χ1) is 63.6. The van der Waals surface area contributed by atoms with Crippen LogP contribution in [0.2, 0.25) is 0 Å².